The molecule has 2 aromatic heterocycles. The van der Waals surface area contributed by atoms with E-state index in [0.29, 0.717) is 6.54 Å². The average molecular weight is 239 g/mol. The molecule has 3 heterocycles. The van der Waals surface area contributed by atoms with Crippen molar-refractivity contribution in [2.24, 2.45) is 0 Å². The number of phenolic OH excluding ortho intramolecular Hbond substituents is 1. The highest BCUT2D eigenvalue weighted by atomic mass is 16.3. The van der Waals surface area contributed by atoms with Crippen LogP contribution in [0, 0.1) is 0 Å². The lowest BCUT2D eigenvalue weighted by atomic mass is 10.1. The molecule has 0 fully saturated rings. The van der Waals surface area contributed by atoms with Crippen molar-refractivity contribution >= 4 is 0 Å². The SMILES string of the molecule is Oc1ccc2c(c1)-n1cncc1Cn1cnnc1-2. The van der Waals surface area contributed by atoms with Crippen LogP contribution >= 0.6 is 0 Å². The van der Waals surface area contributed by atoms with Gasteiger partial charge in [0.2, 0.25) is 0 Å². The molecule has 4 rings (SSSR count). The van der Waals surface area contributed by atoms with Crippen molar-refractivity contribution in [3.63, 3.8) is 0 Å². The largest absolute Gasteiger partial charge is 0.508 e. The zero-order valence-corrected chi connectivity index (χ0v) is 9.35. The summed E-state index contributed by atoms with van der Waals surface area (Å²) in [4.78, 5) is 4.16. The van der Waals surface area contributed by atoms with Gasteiger partial charge in [-0.1, -0.05) is 0 Å². The first-order valence-electron chi connectivity index (χ1n) is 5.56. The summed E-state index contributed by atoms with van der Waals surface area (Å²) in [5.74, 6) is 1.02. The summed E-state index contributed by atoms with van der Waals surface area (Å²) in [7, 11) is 0. The van der Waals surface area contributed by atoms with Crippen LogP contribution in [0.4, 0.5) is 0 Å². The van der Waals surface area contributed by atoms with Gasteiger partial charge in [-0.25, -0.2) is 4.98 Å². The molecule has 1 aliphatic rings. The standard InChI is InChI=1S/C12H9N5O/c18-9-1-2-10-11(3-9)17-6-13-4-8(17)5-16-7-14-15-12(10)16/h1-4,6-7,18H,5H2. The number of rotatable bonds is 0. The van der Waals surface area contributed by atoms with Crippen LogP contribution in [0.2, 0.25) is 0 Å². The highest BCUT2D eigenvalue weighted by Gasteiger charge is 2.20. The minimum atomic E-state index is 0.223. The summed E-state index contributed by atoms with van der Waals surface area (Å²) < 4.78 is 3.93. The molecule has 1 aliphatic heterocycles. The van der Waals surface area contributed by atoms with E-state index in [0.717, 1.165) is 22.8 Å². The summed E-state index contributed by atoms with van der Waals surface area (Å²) in [6.07, 6.45) is 5.25. The number of fused-ring (bicyclic) bond motifs is 5. The van der Waals surface area contributed by atoms with Crippen LogP contribution in [-0.4, -0.2) is 29.4 Å². The fourth-order valence-electron chi connectivity index (χ4n) is 2.32. The quantitative estimate of drug-likeness (QED) is 0.500. The third-order valence-corrected chi connectivity index (χ3v) is 3.14. The second-order valence-corrected chi connectivity index (χ2v) is 4.24. The van der Waals surface area contributed by atoms with Gasteiger partial charge in [0, 0.05) is 11.6 Å². The maximum Gasteiger partial charge on any atom is 0.166 e. The number of aromatic hydroxyl groups is 1. The normalized spacial score (nSPS) is 12.4. The van der Waals surface area contributed by atoms with Crippen molar-refractivity contribution in [2.45, 2.75) is 6.54 Å². The molecule has 18 heavy (non-hydrogen) atoms. The highest BCUT2D eigenvalue weighted by Crippen LogP contribution is 2.32. The second-order valence-electron chi connectivity index (χ2n) is 4.24. The van der Waals surface area contributed by atoms with Gasteiger partial charge in [-0.05, 0) is 12.1 Å². The van der Waals surface area contributed by atoms with Crippen molar-refractivity contribution < 1.29 is 5.11 Å². The lowest BCUT2D eigenvalue weighted by molar-refractivity contribution is 0.475. The minimum Gasteiger partial charge on any atom is -0.508 e. The first-order valence-corrected chi connectivity index (χ1v) is 5.56. The van der Waals surface area contributed by atoms with Crippen LogP contribution in [0.15, 0.2) is 37.1 Å². The van der Waals surface area contributed by atoms with Crippen LogP contribution in [0.25, 0.3) is 17.1 Å². The summed E-state index contributed by atoms with van der Waals surface area (Å²) in [6.45, 7) is 0.664. The zero-order chi connectivity index (χ0) is 12.1. The number of hydrogen-bond acceptors (Lipinski definition) is 4. The number of benzene rings is 1. The second kappa shape index (κ2) is 3.19. The van der Waals surface area contributed by atoms with Gasteiger partial charge in [0.15, 0.2) is 5.82 Å². The molecular weight excluding hydrogens is 230 g/mol. The van der Waals surface area contributed by atoms with Crippen molar-refractivity contribution in [3.8, 4) is 22.8 Å². The Kier molecular flexibility index (Phi) is 1.67. The van der Waals surface area contributed by atoms with Gasteiger partial charge in [-0.3, -0.25) is 0 Å². The van der Waals surface area contributed by atoms with E-state index < -0.39 is 0 Å². The monoisotopic (exact) mass is 239 g/mol. The number of aromatic nitrogens is 5. The van der Waals surface area contributed by atoms with Crippen molar-refractivity contribution in [1.29, 1.82) is 0 Å². The molecule has 0 radical (unpaired) electrons. The van der Waals surface area contributed by atoms with Gasteiger partial charge in [0.1, 0.15) is 12.1 Å². The van der Waals surface area contributed by atoms with Gasteiger partial charge < -0.3 is 14.2 Å². The van der Waals surface area contributed by atoms with E-state index in [9.17, 15) is 5.11 Å². The maximum atomic E-state index is 9.67. The van der Waals surface area contributed by atoms with Crippen LogP contribution in [0.5, 0.6) is 5.75 Å². The molecule has 0 bridgehead atoms. The molecular formula is C12H9N5O. The Morgan fingerprint density at radius 2 is 2.17 bits per heavy atom. The van der Waals surface area contributed by atoms with Gasteiger partial charge in [0.05, 0.1) is 30.5 Å². The molecule has 6 nitrogen and oxygen atoms in total. The third kappa shape index (κ3) is 1.14. The fourth-order valence-corrected chi connectivity index (χ4v) is 2.32. The smallest absolute Gasteiger partial charge is 0.166 e. The number of nitrogens with zero attached hydrogens (tertiary/aromatic N) is 5. The molecule has 0 aliphatic carbocycles. The number of phenols is 1. The van der Waals surface area contributed by atoms with Gasteiger partial charge in [0.25, 0.3) is 0 Å². The van der Waals surface area contributed by atoms with E-state index in [4.69, 9.17) is 0 Å². The highest BCUT2D eigenvalue weighted by molar-refractivity contribution is 5.70. The van der Waals surface area contributed by atoms with Crippen molar-refractivity contribution in [1.82, 2.24) is 24.3 Å². The predicted octanol–water partition coefficient (Wildman–Crippen LogP) is 1.20. The Balaban J connectivity index is 2.13. The molecule has 0 saturated heterocycles. The lowest BCUT2D eigenvalue weighted by Crippen LogP contribution is -2.01. The Labute approximate surface area is 102 Å². The summed E-state index contributed by atoms with van der Waals surface area (Å²) >= 11 is 0. The Morgan fingerprint density at radius 3 is 3.11 bits per heavy atom. The third-order valence-electron chi connectivity index (χ3n) is 3.14. The van der Waals surface area contributed by atoms with E-state index in [1.165, 1.54) is 0 Å². The lowest BCUT2D eigenvalue weighted by Gasteiger charge is -2.08. The zero-order valence-electron chi connectivity index (χ0n) is 9.35. The Morgan fingerprint density at radius 1 is 1.22 bits per heavy atom. The fraction of sp³-hybridized carbons (Fsp3) is 0.0833. The summed E-state index contributed by atoms with van der Waals surface area (Å²) in [6, 6.07) is 5.21. The van der Waals surface area contributed by atoms with Crippen LogP contribution in [0.1, 0.15) is 5.69 Å². The minimum absolute atomic E-state index is 0.223. The molecule has 3 aromatic rings. The molecule has 0 unspecified atom stereocenters. The predicted molar refractivity (Wildman–Crippen MR) is 63.3 cm³/mol. The first kappa shape index (κ1) is 9.41. The topological polar surface area (TPSA) is 68.8 Å². The maximum absolute atomic E-state index is 9.67. The Bertz CT molecular complexity index is 743. The number of imidazole rings is 1. The first-order chi connectivity index (χ1) is 8.83. The van der Waals surface area contributed by atoms with E-state index >= 15 is 0 Å². The van der Waals surface area contributed by atoms with E-state index in [2.05, 4.69) is 15.2 Å². The van der Waals surface area contributed by atoms with E-state index in [1.807, 2.05) is 21.4 Å². The number of hydrogen-bond donors (Lipinski definition) is 1. The van der Waals surface area contributed by atoms with E-state index in [-0.39, 0.29) is 5.75 Å². The molecule has 88 valence electrons. The van der Waals surface area contributed by atoms with Gasteiger partial charge in [-0.15, -0.1) is 10.2 Å². The van der Waals surface area contributed by atoms with Crippen molar-refractivity contribution in [3.05, 3.63) is 42.7 Å². The molecule has 0 atom stereocenters. The van der Waals surface area contributed by atoms with Crippen LogP contribution < -0.4 is 0 Å². The van der Waals surface area contributed by atoms with Gasteiger partial charge in [-0.2, -0.15) is 0 Å². The Hall–Kier alpha value is -2.63. The molecule has 0 amide bonds. The average Bonchev–Trinajstić information content (AvgIpc) is 2.97. The van der Waals surface area contributed by atoms with Gasteiger partial charge >= 0.3 is 0 Å². The molecule has 1 aromatic carbocycles. The summed E-state index contributed by atoms with van der Waals surface area (Å²) in [5.41, 5.74) is 2.83. The molecule has 6 heteroatoms. The van der Waals surface area contributed by atoms with Crippen molar-refractivity contribution in [2.75, 3.05) is 0 Å². The molecule has 0 saturated carbocycles. The summed E-state index contributed by atoms with van der Waals surface area (Å²) in [5, 5.41) is 17.8. The van der Waals surface area contributed by atoms with Crippen LogP contribution in [-0.2, 0) is 6.54 Å². The molecule has 0 spiro atoms. The van der Waals surface area contributed by atoms with E-state index in [1.54, 1.807) is 24.8 Å². The molecule has 1 N–H and O–H groups in total. The van der Waals surface area contributed by atoms with Crippen LogP contribution in [0.3, 0.4) is 0 Å².